The monoisotopic (exact) mass is 275 g/mol. The van der Waals surface area contributed by atoms with Crippen molar-refractivity contribution in [2.45, 2.75) is 6.92 Å². The highest BCUT2D eigenvalue weighted by atomic mass is 35.5. The van der Waals surface area contributed by atoms with Gasteiger partial charge >= 0.3 is 0 Å². The zero-order valence-electron chi connectivity index (χ0n) is 10.3. The summed E-state index contributed by atoms with van der Waals surface area (Å²) >= 11 is 6.04. The van der Waals surface area contributed by atoms with Crippen LogP contribution in [0.5, 0.6) is 11.5 Å². The lowest BCUT2D eigenvalue weighted by atomic mass is 10.1. The molecular weight excluding hydrogens is 266 g/mol. The Kier molecular flexibility index (Phi) is 2.64. The van der Waals surface area contributed by atoms with Gasteiger partial charge in [-0.1, -0.05) is 11.6 Å². The highest BCUT2D eigenvalue weighted by Crippen LogP contribution is 2.47. The van der Waals surface area contributed by atoms with Gasteiger partial charge in [-0.05, 0) is 25.1 Å². The van der Waals surface area contributed by atoms with Crippen molar-refractivity contribution in [2.24, 2.45) is 0 Å². The van der Waals surface area contributed by atoms with E-state index in [1.165, 1.54) is 13.1 Å². The molecule has 2 heterocycles. The van der Waals surface area contributed by atoms with Gasteiger partial charge in [0.25, 0.3) is 0 Å². The molecule has 1 aliphatic rings. The van der Waals surface area contributed by atoms with Crippen LogP contribution < -0.4 is 9.64 Å². The number of nitrogens with zero attached hydrogens (tertiary/aromatic N) is 3. The van der Waals surface area contributed by atoms with E-state index in [4.69, 9.17) is 16.3 Å². The number of fused-ring (bicyclic) bond motifs is 2. The molecule has 0 unspecified atom stereocenters. The maximum Gasteiger partial charge on any atom is 0.179 e. The van der Waals surface area contributed by atoms with Crippen LogP contribution in [-0.2, 0) is 0 Å². The Hall–Kier alpha value is -2.14. The molecule has 19 heavy (non-hydrogen) atoms. The van der Waals surface area contributed by atoms with Crippen LogP contribution in [-0.4, -0.2) is 23.0 Å². The number of carbonyl (C=O) groups excluding carboxylic acids is 1. The molecule has 3 rings (SSSR count). The molecule has 6 heteroatoms. The fourth-order valence-corrected chi connectivity index (χ4v) is 2.31. The van der Waals surface area contributed by atoms with Gasteiger partial charge in [0.05, 0.1) is 11.9 Å². The summed E-state index contributed by atoms with van der Waals surface area (Å²) in [5.74, 6) is 1.12. The van der Waals surface area contributed by atoms with Crippen molar-refractivity contribution in [3.63, 3.8) is 0 Å². The maximum absolute atomic E-state index is 11.4. The summed E-state index contributed by atoms with van der Waals surface area (Å²) in [7, 11) is 1.86. The Bertz CT molecular complexity index is 688. The number of halogens is 1. The number of Topliss-reactive ketones (excluding diaryl/α,β-unsaturated/α-hetero) is 1. The van der Waals surface area contributed by atoms with Gasteiger partial charge in [-0.2, -0.15) is 5.10 Å². The molecule has 0 radical (unpaired) electrons. The maximum atomic E-state index is 11.4. The van der Waals surface area contributed by atoms with Crippen LogP contribution in [0.1, 0.15) is 17.3 Å². The zero-order valence-corrected chi connectivity index (χ0v) is 11.1. The van der Waals surface area contributed by atoms with E-state index in [1.807, 2.05) is 18.0 Å². The Labute approximate surface area is 114 Å². The number of hydrogen-bond acceptors (Lipinski definition) is 5. The number of hydrogen-bond donors (Lipinski definition) is 0. The number of aromatic nitrogens is 2. The van der Waals surface area contributed by atoms with E-state index in [-0.39, 0.29) is 10.9 Å². The number of carbonyl (C=O) groups is 1. The van der Waals surface area contributed by atoms with Gasteiger partial charge in [0.2, 0.25) is 0 Å². The SMILES string of the molecule is CC(=O)c1ccc2c(c1)Oc1cnnc(Cl)c1N2C. The fourth-order valence-electron chi connectivity index (χ4n) is 2.05. The smallest absolute Gasteiger partial charge is 0.179 e. The predicted molar refractivity (Wildman–Crippen MR) is 71.6 cm³/mol. The first-order valence-electron chi connectivity index (χ1n) is 5.65. The summed E-state index contributed by atoms with van der Waals surface area (Å²) in [5, 5.41) is 7.84. The number of ether oxygens (including phenoxy) is 1. The molecule has 0 bridgehead atoms. The molecule has 0 saturated heterocycles. The van der Waals surface area contributed by atoms with E-state index in [1.54, 1.807) is 12.1 Å². The molecule has 1 aromatic carbocycles. The number of ketones is 1. The van der Waals surface area contributed by atoms with Gasteiger partial charge in [0, 0.05) is 12.6 Å². The van der Waals surface area contributed by atoms with Crippen LogP contribution in [0.4, 0.5) is 11.4 Å². The highest BCUT2D eigenvalue weighted by molar-refractivity contribution is 6.32. The molecule has 5 nitrogen and oxygen atoms in total. The van der Waals surface area contributed by atoms with Crippen LogP contribution in [0.15, 0.2) is 24.4 Å². The molecule has 2 aromatic rings. The van der Waals surface area contributed by atoms with Crippen LogP contribution in [0.3, 0.4) is 0 Å². The second-order valence-corrected chi connectivity index (χ2v) is 4.61. The van der Waals surface area contributed by atoms with Crippen molar-refractivity contribution in [1.29, 1.82) is 0 Å². The number of benzene rings is 1. The van der Waals surface area contributed by atoms with Gasteiger partial charge in [0.15, 0.2) is 22.4 Å². The van der Waals surface area contributed by atoms with Gasteiger partial charge in [0.1, 0.15) is 5.69 Å². The van der Waals surface area contributed by atoms with Crippen LogP contribution in [0.25, 0.3) is 0 Å². The van der Waals surface area contributed by atoms with Gasteiger partial charge < -0.3 is 9.64 Å². The topological polar surface area (TPSA) is 55.3 Å². The minimum atomic E-state index is -0.00858. The Morgan fingerprint density at radius 2 is 2.16 bits per heavy atom. The average molecular weight is 276 g/mol. The Morgan fingerprint density at radius 1 is 1.37 bits per heavy atom. The summed E-state index contributed by atoms with van der Waals surface area (Å²) in [4.78, 5) is 13.3. The van der Waals surface area contributed by atoms with E-state index in [2.05, 4.69) is 10.2 Å². The molecule has 0 fully saturated rings. The molecule has 1 aliphatic heterocycles. The second-order valence-electron chi connectivity index (χ2n) is 4.25. The average Bonchev–Trinajstić information content (AvgIpc) is 2.38. The number of anilines is 2. The Morgan fingerprint density at radius 3 is 2.89 bits per heavy atom. The highest BCUT2D eigenvalue weighted by Gasteiger charge is 2.25. The van der Waals surface area contributed by atoms with E-state index >= 15 is 0 Å². The summed E-state index contributed by atoms with van der Waals surface area (Å²) in [6.07, 6.45) is 1.50. The van der Waals surface area contributed by atoms with E-state index in [0.717, 1.165) is 5.69 Å². The quantitative estimate of drug-likeness (QED) is 0.748. The molecule has 96 valence electrons. The van der Waals surface area contributed by atoms with E-state index < -0.39 is 0 Å². The second kappa shape index (κ2) is 4.20. The predicted octanol–water partition coefficient (Wildman–Crippen LogP) is 3.21. The summed E-state index contributed by atoms with van der Waals surface area (Å²) < 4.78 is 5.74. The number of rotatable bonds is 1. The first kappa shape index (κ1) is 11.9. The normalized spacial score (nSPS) is 12.5. The van der Waals surface area contributed by atoms with Crippen LogP contribution in [0.2, 0.25) is 5.15 Å². The van der Waals surface area contributed by atoms with Gasteiger partial charge in [-0.3, -0.25) is 4.79 Å². The van der Waals surface area contributed by atoms with Crippen molar-refractivity contribution in [2.75, 3.05) is 11.9 Å². The van der Waals surface area contributed by atoms with Crippen molar-refractivity contribution in [1.82, 2.24) is 10.2 Å². The molecule has 1 aromatic heterocycles. The molecule has 0 aliphatic carbocycles. The molecule has 0 spiro atoms. The van der Waals surface area contributed by atoms with Gasteiger partial charge in [-0.15, -0.1) is 5.10 Å². The largest absolute Gasteiger partial charge is 0.451 e. The first-order chi connectivity index (χ1) is 9.08. The van der Waals surface area contributed by atoms with Crippen molar-refractivity contribution >= 4 is 28.8 Å². The lowest BCUT2D eigenvalue weighted by molar-refractivity contribution is 0.101. The molecule has 0 saturated carbocycles. The fraction of sp³-hybridized carbons (Fsp3) is 0.154. The standard InChI is InChI=1S/C13H10ClN3O2/c1-7(18)8-3-4-9-10(5-8)19-11-6-15-16-13(14)12(11)17(9)2/h3-6H,1-2H3. The van der Waals surface area contributed by atoms with Crippen molar-refractivity contribution in [3.05, 3.63) is 35.1 Å². The van der Waals surface area contributed by atoms with Crippen molar-refractivity contribution < 1.29 is 9.53 Å². The molecule has 0 atom stereocenters. The van der Waals surface area contributed by atoms with E-state index in [9.17, 15) is 4.79 Å². The van der Waals surface area contributed by atoms with Crippen LogP contribution in [0, 0.1) is 0 Å². The molecule has 0 N–H and O–H groups in total. The van der Waals surface area contributed by atoms with Gasteiger partial charge in [-0.25, -0.2) is 0 Å². The van der Waals surface area contributed by atoms with Crippen LogP contribution >= 0.6 is 11.6 Å². The van der Waals surface area contributed by atoms with E-state index in [0.29, 0.717) is 22.7 Å². The summed E-state index contributed by atoms with van der Waals surface area (Å²) in [5.41, 5.74) is 2.09. The third-order valence-corrected chi connectivity index (χ3v) is 3.29. The van der Waals surface area contributed by atoms with Crippen molar-refractivity contribution in [3.8, 4) is 11.5 Å². The lowest BCUT2D eigenvalue weighted by Gasteiger charge is -2.29. The Balaban J connectivity index is 2.16. The minimum absolute atomic E-state index is 0.00858. The summed E-state index contributed by atoms with van der Waals surface area (Å²) in [6.45, 7) is 1.52. The third kappa shape index (κ3) is 1.82. The zero-order chi connectivity index (χ0) is 13.6. The first-order valence-corrected chi connectivity index (χ1v) is 6.03. The minimum Gasteiger partial charge on any atom is -0.451 e. The molecular formula is C13H10ClN3O2. The molecule has 0 amide bonds. The summed E-state index contributed by atoms with van der Waals surface area (Å²) in [6, 6.07) is 5.30. The lowest BCUT2D eigenvalue weighted by Crippen LogP contribution is -2.17. The third-order valence-electron chi connectivity index (χ3n) is 3.03.